The van der Waals surface area contributed by atoms with Crippen LogP contribution in [0.5, 0.6) is 5.75 Å². The molecule has 2 nitrogen and oxygen atoms in total. The number of hydrogen-bond acceptors (Lipinski definition) is 2. The zero-order chi connectivity index (χ0) is 21.0. The van der Waals surface area contributed by atoms with Gasteiger partial charge in [-0.3, -0.25) is 0 Å². The van der Waals surface area contributed by atoms with E-state index in [1.807, 2.05) is 0 Å². The molecule has 0 saturated heterocycles. The first-order chi connectivity index (χ1) is 13.8. The van der Waals surface area contributed by atoms with Crippen molar-refractivity contribution >= 4 is 0 Å². The molecular formula is C22H23F5O2. The minimum Gasteiger partial charge on any atom is -0.331 e. The minimum absolute atomic E-state index is 0.355. The topological polar surface area (TPSA) is 18.5 Å². The second-order valence-electron chi connectivity index (χ2n) is 7.51. The van der Waals surface area contributed by atoms with Crippen LogP contribution in [-0.2, 0) is 11.0 Å². The molecule has 0 unspecified atom stereocenters. The second kappa shape index (κ2) is 9.11. The van der Waals surface area contributed by atoms with E-state index in [9.17, 15) is 22.0 Å². The van der Waals surface area contributed by atoms with Gasteiger partial charge < -0.3 is 4.89 Å². The molecule has 0 atom stereocenters. The molecular weight excluding hydrogens is 391 g/mol. The van der Waals surface area contributed by atoms with E-state index in [1.165, 1.54) is 25.0 Å². The summed E-state index contributed by atoms with van der Waals surface area (Å²) in [5.74, 6) is -4.44. The highest BCUT2D eigenvalue weighted by atomic mass is 19.3. The first-order valence-corrected chi connectivity index (χ1v) is 9.78. The highest BCUT2D eigenvalue weighted by Gasteiger charge is 2.36. The first kappa shape index (κ1) is 21.6. The van der Waals surface area contributed by atoms with Gasteiger partial charge in [-0.05, 0) is 55.2 Å². The van der Waals surface area contributed by atoms with Crippen molar-refractivity contribution in [2.24, 2.45) is 5.92 Å². The van der Waals surface area contributed by atoms with Crippen molar-refractivity contribution in [3.05, 3.63) is 65.0 Å². The predicted octanol–water partition coefficient (Wildman–Crippen LogP) is 7.24. The lowest BCUT2D eigenvalue weighted by Crippen LogP contribution is -2.21. The average Bonchev–Trinajstić information content (AvgIpc) is 2.71. The van der Waals surface area contributed by atoms with Gasteiger partial charge in [0.2, 0.25) is 0 Å². The van der Waals surface area contributed by atoms with Gasteiger partial charge in [0.1, 0.15) is 0 Å². The Hall–Kier alpha value is -2.15. The summed E-state index contributed by atoms with van der Waals surface area (Å²) in [6, 6.07) is 6.65. The summed E-state index contributed by atoms with van der Waals surface area (Å²) in [7, 11) is 0. The molecule has 1 fully saturated rings. The van der Waals surface area contributed by atoms with Crippen LogP contribution in [0.25, 0.3) is 0 Å². The summed E-state index contributed by atoms with van der Waals surface area (Å²) in [6.45, 7) is 2.18. The maximum Gasteiger partial charge on any atom is 0.418 e. The van der Waals surface area contributed by atoms with E-state index in [-0.39, 0.29) is 0 Å². The fourth-order valence-electron chi connectivity index (χ4n) is 3.87. The molecule has 158 valence electrons. The highest BCUT2D eigenvalue weighted by molar-refractivity contribution is 5.28. The predicted molar refractivity (Wildman–Crippen MR) is 98.0 cm³/mol. The molecule has 0 radical (unpaired) electrons. The number of halogens is 5. The normalized spacial score (nSPS) is 19.9. The van der Waals surface area contributed by atoms with E-state index in [4.69, 9.17) is 0 Å². The smallest absolute Gasteiger partial charge is 0.331 e. The lowest BCUT2D eigenvalue weighted by Gasteiger charge is -2.28. The molecule has 2 aromatic carbocycles. The van der Waals surface area contributed by atoms with Gasteiger partial charge in [0.25, 0.3) is 0 Å². The molecule has 1 aliphatic carbocycles. The van der Waals surface area contributed by atoms with Crippen LogP contribution >= 0.6 is 0 Å². The summed E-state index contributed by atoms with van der Waals surface area (Å²) in [4.78, 5) is 8.42. The fraction of sp³-hybridized carbons (Fsp3) is 0.455. The van der Waals surface area contributed by atoms with E-state index in [0.717, 1.165) is 37.2 Å². The van der Waals surface area contributed by atoms with E-state index in [1.54, 1.807) is 12.1 Å². The molecule has 1 aliphatic rings. The Labute approximate surface area is 166 Å². The van der Waals surface area contributed by atoms with Gasteiger partial charge in [0.05, 0.1) is 5.56 Å². The van der Waals surface area contributed by atoms with Crippen LogP contribution in [0.3, 0.4) is 0 Å². The molecule has 0 aliphatic heterocycles. The monoisotopic (exact) mass is 414 g/mol. The summed E-state index contributed by atoms with van der Waals surface area (Å²) < 4.78 is 67.6. The van der Waals surface area contributed by atoms with Gasteiger partial charge in [0.15, 0.2) is 23.2 Å². The van der Waals surface area contributed by atoms with Crippen molar-refractivity contribution in [2.45, 2.75) is 57.5 Å². The summed E-state index contributed by atoms with van der Waals surface area (Å²) in [5, 5.41) is 0. The van der Waals surface area contributed by atoms with Crippen molar-refractivity contribution in [1.29, 1.82) is 0 Å². The zero-order valence-electron chi connectivity index (χ0n) is 16.1. The molecule has 2 aromatic rings. The van der Waals surface area contributed by atoms with Crippen molar-refractivity contribution in [2.75, 3.05) is 0 Å². The Morgan fingerprint density at radius 3 is 2.07 bits per heavy atom. The van der Waals surface area contributed by atoms with Crippen LogP contribution in [0, 0.1) is 23.4 Å². The van der Waals surface area contributed by atoms with Gasteiger partial charge in [0, 0.05) is 12.1 Å². The van der Waals surface area contributed by atoms with Crippen LogP contribution in [-0.4, -0.2) is 0 Å². The third-order valence-corrected chi connectivity index (χ3v) is 5.46. The lowest BCUT2D eigenvalue weighted by atomic mass is 9.77. The molecule has 0 aromatic heterocycles. The number of hydrogen-bond donors (Lipinski definition) is 0. The maximum absolute atomic E-state index is 14.2. The Morgan fingerprint density at radius 2 is 1.52 bits per heavy atom. The van der Waals surface area contributed by atoms with E-state index in [0.29, 0.717) is 18.1 Å². The van der Waals surface area contributed by atoms with Gasteiger partial charge in [-0.25, -0.2) is 13.2 Å². The number of alkyl halides is 2. The molecule has 29 heavy (non-hydrogen) atoms. The van der Waals surface area contributed by atoms with Crippen molar-refractivity contribution in [1.82, 2.24) is 0 Å². The fourth-order valence-corrected chi connectivity index (χ4v) is 3.87. The third kappa shape index (κ3) is 5.26. The molecule has 0 amide bonds. The lowest BCUT2D eigenvalue weighted by molar-refractivity contribution is -0.400. The summed E-state index contributed by atoms with van der Waals surface area (Å²) >= 11 is 0. The standard InChI is InChI=1S/C22H23F5O2/c1-2-3-14-4-6-15(7-5-14)16-8-10-17(11-9-16)22(26,27)29-28-18-12-19(23)21(25)20(24)13-18/h8-15H,2-7H2,1H3. The highest BCUT2D eigenvalue weighted by Crippen LogP contribution is 2.38. The quantitative estimate of drug-likeness (QED) is 0.206. The Morgan fingerprint density at radius 1 is 0.931 bits per heavy atom. The van der Waals surface area contributed by atoms with Gasteiger partial charge in [-0.1, -0.05) is 31.9 Å². The molecule has 0 heterocycles. The SMILES string of the molecule is CCCC1CCC(c2ccc(C(F)(F)OOc3cc(F)c(F)c(F)c3)cc2)CC1. The maximum atomic E-state index is 14.2. The van der Waals surface area contributed by atoms with E-state index in [2.05, 4.69) is 16.7 Å². The Balaban J connectivity index is 1.61. The zero-order valence-corrected chi connectivity index (χ0v) is 16.1. The van der Waals surface area contributed by atoms with Crippen LogP contribution in [0.1, 0.15) is 62.5 Å². The largest absolute Gasteiger partial charge is 0.418 e. The number of benzene rings is 2. The Bertz CT molecular complexity index is 791. The first-order valence-electron chi connectivity index (χ1n) is 9.78. The third-order valence-electron chi connectivity index (χ3n) is 5.46. The van der Waals surface area contributed by atoms with Crippen molar-refractivity contribution in [3.63, 3.8) is 0 Å². The van der Waals surface area contributed by atoms with Crippen LogP contribution in [0.2, 0.25) is 0 Å². The van der Waals surface area contributed by atoms with Crippen molar-refractivity contribution in [3.8, 4) is 5.75 Å². The molecule has 0 bridgehead atoms. The van der Waals surface area contributed by atoms with Crippen molar-refractivity contribution < 1.29 is 31.7 Å². The van der Waals surface area contributed by atoms with E-state index < -0.39 is 34.9 Å². The van der Waals surface area contributed by atoms with Crippen LogP contribution < -0.4 is 4.89 Å². The summed E-state index contributed by atoms with van der Waals surface area (Å²) in [6.07, 6.45) is 2.95. The minimum atomic E-state index is -3.85. The molecule has 0 N–H and O–H groups in total. The number of rotatable bonds is 7. The molecule has 0 spiro atoms. The van der Waals surface area contributed by atoms with Gasteiger partial charge >= 0.3 is 6.11 Å². The van der Waals surface area contributed by atoms with Gasteiger partial charge in [-0.2, -0.15) is 8.78 Å². The molecule has 3 rings (SSSR count). The van der Waals surface area contributed by atoms with Crippen LogP contribution in [0.15, 0.2) is 36.4 Å². The molecule has 1 saturated carbocycles. The average molecular weight is 414 g/mol. The van der Waals surface area contributed by atoms with Crippen LogP contribution in [0.4, 0.5) is 22.0 Å². The summed E-state index contributed by atoms with van der Waals surface area (Å²) in [5.41, 5.74) is 0.548. The van der Waals surface area contributed by atoms with E-state index >= 15 is 0 Å². The second-order valence-corrected chi connectivity index (χ2v) is 7.51. The van der Waals surface area contributed by atoms with Gasteiger partial charge in [-0.15, -0.1) is 4.89 Å². The Kier molecular flexibility index (Phi) is 6.77. The molecule has 7 heteroatoms.